The van der Waals surface area contributed by atoms with Crippen molar-refractivity contribution in [2.45, 2.75) is 6.92 Å². The first kappa shape index (κ1) is 10.9. The van der Waals surface area contributed by atoms with Gasteiger partial charge in [0, 0.05) is 5.56 Å². The van der Waals surface area contributed by atoms with Crippen molar-refractivity contribution >= 4 is 26.6 Å². The fraction of sp³-hybridized carbons (Fsp3) is 0.200. The van der Waals surface area contributed by atoms with E-state index >= 15 is 0 Å². The molecular formula is C10H9BrO3. The fourth-order valence-electron chi connectivity index (χ4n) is 0.952. The third-order valence-electron chi connectivity index (χ3n) is 1.62. The van der Waals surface area contributed by atoms with Crippen LogP contribution in [0.15, 0.2) is 24.3 Å². The minimum atomic E-state index is -0.374. The first-order valence-corrected chi connectivity index (χ1v) is 4.91. The predicted octanol–water partition coefficient (Wildman–Crippen LogP) is 2.40. The molecule has 0 fully saturated rings. The van der Waals surface area contributed by atoms with Crippen molar-refractivity contribution in [3.8, 4) is 0 Å². The average Bonchev–Trinajstić information content (AvgIpc) is 2.18. The Hall–Kier alpha value is -1.16. The van der Waals surface area contributed by atoms with Crippen LogP contribution < -0.4 is 0 Å². The lowest BCUT2D eigenvalue weighted by Gasteiger charge is -2.01. The lowest BCUT2D eigenvalue weighted by Crippen LogP contribution is -2.04. The minimum absolute atomic E-state index is 0.201. The van der Waals surface area contributed by atoms with Crippen LogP contribution >= 0.6 is 15.9 Å². The Morgan fingerprint density at radius 3 is 2.14 bits per heavy atom. The highest BCUT2D eigenvalue weighted by Gasteiger charge is 2.07. The molecular weight excluding hydrogens is 248 g/mol. The fourth-order valence-corrected chi connectivity index (χ4v) is 1.22. The molecule has 1 aromatic carbocycles. The molecule has 1 aromatic rings. The lowest BCUT2D eigenvalue weighted by molar-refractivity contribution is 0.0526. The molecule has 0 radical (unpaired) electrons. The molecule has 0 N–H and O–H groups in total. The molecule has 74 valence electrons. The summed E-state index contributed by atoms with van der Waals surface area (Å²) in [5.74, 6) is -0.374. The van der Waals surface area contributed by atoms with E-state index in [0.717, 1.165) is 0 Å². The van der Waals surface area contributed by atoms with Crippen LogP contribution in [0, 0.1) is 0 Å². The molecule has 14 heavy (non-hydrogen) atoms. The molecule has 0 bridgehead atoms. The summed E-state index contributed by atoms with van der Waals surface area (Å²) in [4.78, 5) is 22.1. The smallest absolute Gasteiger partial charge is 0.338 e. The highest BCUT2D eigenvalue weighted by molar-refractivity contribution is 9.18. The SMILES string of the molecule is CCOC(=O)c1ccc(C(=O)Br)cc1. The van der Waals surface area contributed by atoms with E-state index in [2.05, 4.69) is 15.9 Å². The maximum Gasteiger partial charge on any atom is 0.338 e. The van der Waals surface area contributed by atoms with E-state index in [1.54, 1.807) is 31.2 Å². The second-order valence-electron chi connectivity index (χ2n) is 2.57. The van der Waals surface area contributed by atoms with Gasteiger partial charge in [-0.2, -0.15) is 0 Å². The highest BCUT2D eigenvalue weighted by atomic mass is 79.9. The molecule has 4 heteroatoms. The Bertz CT molecular complexity index is 343. The summed E-state index contributed by atoms with van der Waals surface area (Å²) in [6.07, 6.45) is 0. The molecule has 1 rings (SSSR count). The Morgan fingerprint density at radius 2 is 1.71 bits per heavy atom. The zero-order valence-corrected chi connectivity index (χ0v) is 9.21. The van der Waals surface area contributed by atoms with Crippen LogP contribution in [0.2, 0.25) is 0 Å². The van der Waals surface area contributed by atoms with E-state index in [0.29, 0.717) is 17.7 Å². The minimum Gasteiger partial charge on any atom is -0.462 e. The molecule has 0 aliphatic rings. The Kier molecular flexibility index (Phi) is 3.83. The third kappa shape index (κ3) is 2.67. The van der Waals surface area contributed by atoms with Crippen LogP contribution in [-0.2, 0) is 4.74 Å². The number of benzene rings is 1. The standard InChI is InChI=1S/C10H9BrO3/c1-2-14-10(13)8-5-3-7(4-6-8)9(11)12/h3-6H,2H2,1H3. The molecule has 0 spiro atoms. The molecule has 0 aromatic heterocycles. The van der Waals surface area contributed by atoms with Crippen LogP contribution in [0.4, 0.5) is 0 Å². The first-order valence-electron chi connectivity index (χ1n) is 4.12. The van der Waals surface area contributed by atoms with Crippen LogP contribution in [0.5, 0.6) is 0 Å². The molecule has 0 saturated heterocycles. The van der Waals surface area contributed by atoms with Gasteiger partial charge >= 0.3 is 5.97 Å². The van der Waals surface area contributed by atoms with Crippen molar-refractivity contribution in [1.29, 1.82) is 0 Å². The molecule has 0 saturated carbocycles. The Morgan fingerprint density at radius 1 is 1.21 bits per heavy atom. The van der Waals surface area contributed by atoms with Gasteiger partial charge in [-0.05, 0) is 47.1 Å². The Labute approximate surface area is 90.2 Å². The molecule has 0 heterocycles. The Balaban J connectivity index is 2.83. The summed E-state index contributed by atoms with van der Waals surface area (Å²) in [6, 6.07) is 6.27. The van der Waals surface area contributed by atoms with Gasteiger partial charge in [0.25, 0.3) is 0 Å². The van der Waals surface area contributed by atoms with Gasteiger partial charge < -0.3 is 4.74 Å². The van der Waals surface area contributed by atoms with Crippen LogP contribution in [0.1, 0.15) is 27.6 Å². The molecule has 0 unspecified atom stereocenters. The summed E-state index contributed by atoms with van der Waals surface area (Å²) in [5.41, 5.74) is 0.961. The number of ether oxygens (including phenoxy) is 1. The highest BCUT2D eigenvalue weighted by Crippen LogP contribution is 2.09. The monoisotopic (exact) mass is 256 g/mol. The number of carbonyl (C=O) groups is 2. The second kappa shape index (κ2) is 4.91. The van der Waals surface area contributed by atoms with E-state index in [9.17, 15) is 9.59 Å². The van der Waals surface area contributed by atoms with Crippen molar-refractivity contribution in [3.05, 3.63) is 35.4 Å². The molecule has 0 atom stereocenters. The normalized spacial score (nSPS) is 9.57. The van der Waals surface area contributed by atoms with Crippen molar-refractivity contribution in [2.24, 2.45) is 0 Å². The van der Waals surface area contributed by atoms with E-state index in [1.165, 1.54) is 0 Å². The number of esters is 1. The van der Waals surface area contributed by atoms with E-state index < -0.39 is 0 Å². The number of hydrogen-bond acceptors (Lipinski definition) is 3. The summed E-state index contributed by atoms with van der Waals surface area (Å²) in [6.45, 7) is 2.09. The zero-order chi connectivity index (χ0) is 10.6. The van der Waals surface area contributed by atoms with Gasteiger partial charge in [-0.1, -0.05) is 0 Å². The van der Waals surface area contributed by atoms with E-state index in [-0.39, 0.29) is 10.7 Å². The van der Waals surface area contributed by atoms with Crippen molar-refractivity contribution in [2.75, 3.05) is 6.61 Å². The van der Waals surface area contributed by atoms with Gasteiger partial charge in [0.05, 0.1) is 12.2 Å². The summed E-state index contributed by atoms with van der Waals surface area (Å²) in [7, 11) is 0. The summed E-state index contributed by atoms with van der Waals surface area (Å²) >= 11 is 2.82. The van der Waals surface area contributed by atoms with E-state index in [4.69, 9.17) is 4.74 Å². The van der Waals surface area contributed by atoms with Gasteiger partial charge in [-0.25, -0.2) is 4.79 Å². The average molecular weight is 257 g/mol. The van der Waals surface area contributed by atoms with Crippen molar-refractivity contribution in [3.63, 3.8) is 0 Å². The number of rotatable bonds is 3. The first-order chi connectivity index (χ1) is 6.65. The molecule has 0 aliphatic carbocycles. The molecule has 0 amide bonds. The van der Waals surface area contributed by atoms with Crippen molar-refractivity contribution in [1.82, 2.24) is 0 Å². The van der Waals surface area contributed by atoms with Gasteiger partial charge in [-0.3, -0.25) is 4.79 Å². The quantitative estimate of drug-likeness (QED) is 0.616. The summed E-state index contributed by atoms with van der Waals surface area (Å²) < 4.78 is 4.59. The summed E-state index contributed by atoms with van der Waals surface area (Å²) in [5, 5.41) is 0. The van der Waals surface area contributed by atoms with Gasteiger partial charge in [0.15, 0.2) is 0 Å². The second-order valence-corrected chi connectivity index (χ2v) is 3.29. The molecule has 0 aliphatic heterocycles. The maximum atomic E-state index is 11.2. The van der Waals surface area contributed by atoms with Crippen LogP contribution in [0.3, 0.4) is 0 Å². The van der Waals surface area contributed by atoms with Crippen molar-refractivity contribution < 1.29 is 14.3 Å². The predicted molar refractivity (Wildman–Crippen MR) is 55.7 cm³/mol. The maximum absolute atomic E-state index is 11.2. The number of halogens is 1. The number of hydrogen-bond donors (Lipinski definition) is 0. The van der Waals surface area contributed by atoms with E-state index in [1.807, 2.05) is 0 Å². The lowest BCUT2D eigenvalue weighted by atomic mass is 10.1. The van der Waals surface area contributed by atoms with Gasteiger partial charge in [0.1, 0.15) is 0 Å². The largest absolute Gasteiger partial charge is 0.462 e. The zero-order valence-electron chi connectivity index (χ0n) is 7.62. The number of carbonyl (C=O) groups excluding carboxylic acids is 2. The van der Waals surface area contributed by atoms with Gasteiger partial charge in [-0.15, -0.1) is 0 Å². The van der Waals surface area contributed by atoms with Gasteiger partial charge in [0.2, 0.25) is 4.69 Å². The molecule has 3 nitrogen and oxygen atoms in total. The van der Waals surface area contributed by atoms with Crippen LogP contribution in [-0.4, -0.2) is 17.3 Å². The van der Waals surface area contributed by atoms with Crippen LogP contribution in [0.25, 0.3) is 0 Å². The third-order valence-corrected chi connectivity index (χ3v) is 2.08. The topological polar surface area (TPSA) is 43.4 Å².